The highest BCUT2D eigenvalue weighted by Crippen LogP contribution is 2.35. The van der Waals surface area contributed by atoms with Crippen LogP contribution in [0.3, 0.4) is 0 Å². The van der Waals surface area contributed by atoms with Gasteiger partial charge >= 0.3 is 0 Å². The van der Waals surface area contributed by atoms with Gasteiger partial charge in [0.05, 0.1) is 13.2 Å². The van der Waals surface area contributed by atoms with Crippen molar-refractivity contribution in [1.29, 1.82) is 0 Å². The van der Waals surface area contributed by atoms with Crippen LogP contribution in [0.5, 0.6) is 0 Å². The van der Waals surface area contributed by atoms with Crippen molar-refractivity contribution in [2.24, 2.45) is 10.7 Å². The third-order valence-electron chi connectivity index (χ3n) is 2.96. The maximum absolute atomic E-state index is 11.9. The van der Waals surface area contributed by atoms with E-state index >= 15 is 0 Å². The Balaban J connectivity index is 2.21. The van der Waals surface area contributed by atoms with Crippen LogP contribution in [0.15, 0.2) is 29.3 Å². The zero-order valence-corrected chi connectivity index (χ0v) is 8.56. The van der Waals surface area contributed by atoms with Crippen molar-refractivity contribution < 1.29 is 9.53 Å². The highest BCUT2D eigenvalue weighted by atomic mass is 16.5. The number of ether oxygens (including phenoxy) is 1. The fourth-order valence-electron chi connectivity index (χ4n) is 2.22. The number of carbonyl (C=O) groups is 1. The Morgan fingerprint density at radius 2 is 2.25 bits per heavy atom. The predicted molar refractivity (Wildman–Crippen MR) is 57.5 cm³/mol. The fourth-order valence-corrected chi connectivity index (χ4v) is 2.22. The number of nitrogens with one attached hydrogen (secondary N) is 1. The average molecular weight is 217 g/mol. The van der Waals surface area contributed by atoms with Crippen LogP contribution in [0.4, 0.5) is 0 Å². The number of nitrogens with zero attached hydrogens (tertiary/aromatic N) is 1. The first-order valence-electron chi connectivity index (χ1n) is 5.05. The first-order chi connectivity index (χ1) is 7.72. The van der Waals surface area contributed by atoms with E-state index in [1.54, 1.807) is 0 Å². The van der Waals surface area contributed by atoms with Gasteiger partial charge in [0.2, 0.25) is 0 Å². The maximum Gasteiger partial charge on any atom is 0.261 e. The number of aliphatic imine (C=N–C) groups is 1. The second-order valence-electron chi connectivity index (χ2n) is 3.96. The first-order valence-corrected chi connectivity index (χ1v) is 5.05. The lowest BCUT2D eigenvalue weighted by Crippen LogP contribution is -2.44. The zero-order valence-electron chi connectivity index (χ0n) is 8.56. The molecule has 1 aromatic carbocycles. The van der Waals surface area contributed by atoms with Gasteiger partial charge in [0, 0.05) is 0 Å². The summed E-state index contributed by atoms with van der Waals surface area (Å²) in [5, 5.41) is 2.53. The van der Waals surface area contributed by atoms with E-state index in [9.17, 15) is 4.79 Å². The number of benzene rings is 1. The Hall–Kier alpha value is -1.88. The highest BCUT2D eigenvalue weighted by Gasteiger charge is 2.48. The van der Waals surface area contributed by atoms with Gasteiger partial charge in [-0.05, 0) is 11.1 Å². The van der Waals surface area contributed by atoms with Gasteiger partial charge in [-0.15, -0.1) is 0 Å². The molecule has 0 saturated carbocycles. The molecular formula is C11H11N3O2. The highest BCUT2D eigenvalue weighted by molar-refractivity contribution is 6.07. The second kappa shape index (κ2) is 3.05. The molecule has 0 aromatic heterocycles. The Bertz CT molecular complexity index is 498. The van der Waals surface area contributed by atoms with E-state index in [0.29, 0.717) is 6.61 Å². The Morgan fingerprint density at radius 3 is 3.00 bits per heavy atom. The van der Waals surface area contributed by atoms with E-state index in [1.165, 1.54) is 0 Å². The molecule has 1 unspecified atom stereocenters. The molecule has 1 amide bonds. The summed E-state index contributed by atoms with van der Waals surface area (Å²) >= 11 is 0. The van der Waals surface area contributed by atoms with E-state index < -0.39 is 5.54 Å². The number of hydrogen-bond acceptors (Lipinski definition) is 4. The summed E-state index contributed by atoms with van der Waals surface area (Å²) in [7, 11) is 0. The molecule has 1 spiro atoms. The SMILES string of the molecule is NC1=NC2(COCc3ccccc32)C(=O)N1. The van der Waals surface area contributed by atoms with Crippen LogP contribution in [0.25, 0.3) is 0 Å². The van der Waals surface area contributed by atoms with Crippen LogP contribution in [0, 0.1) is 0 Å². The third kappa shape index (κ3) is 1.09. The van der Waals surface area contributed by atoms with Gasteiger partial charge in [0.15, 0.2) is 11.5 Å². The van der Waals surface area contributed by atoms with Crippen molar-refractivity contribution in [3.63, 3.8) is 0 Å². The summed E-state index contributed by atoms with van der Waals surface area (Å²) < 4.78 is 5.43. The van der Waals surface area contributed by atoms with E-state index in [0.717, 1.165) is 11.1 Å². The molecular weight excluding hydrogens is 206 g/mol. The van der Waals surface area contributed by atoms with Crippen LogP contribution in [0.1, 0.15) is 11.1 Å². The van der Waals surface area contributed by atoms with Gasteiger partial charge in [-0.3, -0.25) is 10.1 Å². The number of fused-ring (bicyclic) bond motifs is 2. The number of hydrogen-bond donors (Lipinski definition) is 2. The topological polar surface area (TPSA) is 76.7 Å². The third-order valence-corrected chi connectivity index (χ3v) is 2.96. The normalized spacial score (nSPS) is 27.5. The van der Waals surface area contributed by atoms with Gasteiger partial charge in [-0.25, -0.2) is 4.99 Å². The van der Waals surface area contributed by atoms with Crippen molar-refractivity contribution in [3.05, 3.63) is 35.4 Å². The summed E-state index contributed by atoms with van der Waals surface area (Å²) in [6.07, 6.45) is 0. The van der Waals surface area contributed by atoms with Crippen molar-refractivity contribution in [2.75, 3.05) is 6.61 Å². The fraction of sp³-hybridized carbons (Fsp3) is 0.273. The lowest BCUT2D eigenvalue weighted by Gasteiger charge is -2.30. The molecule has 1 aromatic rings. The summed E-state index contributed by atoms with van der Waals surface area (Å²) in [6, 6.07) is 7.65. The minimum atomic E-state index is -0.973. The molecule has 2 aliphatic heterocycles. The maximum atomic E-state index is 11.9. The summed E-state index contributed by atoms with van der Waals surface area (Å²) in [5.41, 5.74) is 6.45. The van der Waals surface area contributed by atoms with E-state index in [4.69, 9.17) is 10.5 Å². The zero-order chi connectivity index (χ0) is 11.2. The Morgan fingerprint density at radius 1 is 1.44 bits per heavy atom. The predicted octanol–water partition coefficient (Wildman–Crippen LogP) is -0.143. The van der Waals surface area contributed by atoms with Crippen molar-refractivity contribution in [2.45, 2.75) is 12.1 Å². The van der Waals surface area contributed by atoms with Crippen LogP contribution in [-0.2, 0) is 21.7 Å². The van der Waals surface area contributed by atoms with Crippen LogP contribution >= 0.6 is 0 Å². The molecule has 2 heterocycles. The van der Waals surface area contributed by atoms with Gasteiger partial charge in [-0.1, -0.05) is 24.3 Å². The monoisotopic (exact) mass is 217 g/mol. The van der Waals surface area contributed by atoms with Gasteiger partial charge in [-0.2, -0.15) is 0 Å². The summed E-state index contributed by atoms with van der Waals surface area (Å²) in [4.78, 5) is 16.1. The Labute approximate surface area is 92.3 Å². The van der Waals surface area contributed by atoms with Gasteiger partial charge < -0.3 is 10.5 Å². The molecule has 0 fully saturated rings. The molecule has 5 nitrogen and oxygen atoms in total. The minimum Gasteiger partial charge on any atom is -0.373 e. The number of guanidine groups is 1. The number of nitrogens with two attached hydrogens (primary N) is 1. The summed E-state index contributed by atoms with van der Waals surface area (Å²) in [5.74, 6) is -0.0533. The number of carbonyl (C=O) groups excluding carboxylic acids is 1. The van der Waals surface area contributed by atoms with Crippen molar-refractivity contribution in [1.82, 2.24) is 5.32 Å². The van der Waals surface area contributed by atoms with E-state index in [1.807, 2.05) is 24.3 Å². The molecule has 0 aliphatic carbocycles. The largest absolute Gasteiger partial charge is 0.373 e. The first kappa shape index (κ1) is 9.35. The molecule has 3 N–H and O–H groups in total. The molecule has 82 valence electrons. The summed E-state index contributed by atoms with van der Waals surface area (Å²) in [6.45, 7) is 0.761. The molecule has 16 heavy (non-hydrogen) atoms. The van der Waals surface area contributed by atoms with Gasteiger partial charge in [0.25, 0.3) is 5.91 Å². The van der Waals surface area contributed by atoms with Crippen LogP contribution in [0.2, 0.25) is 0 Å². The molecule has 2 aliphatic rings. The van der Waals surface area contributed by atoms with E-state index in [-0.39, 0.29) is 18.5 Å². The second-order valence-corrected chi connectivity index (χ2v) is 3.96. The molecule has 5 heteroatoms. The molecule has 0 saturated heterocycles. The average Bonchev–Trinajstić information content (AvgIpc) is 2.55. The smallest absolute Gasteiger partial charge is 0.261 e. The van der Waals surface area contributed by atoms with Crippen LogP contribution < -0.4 is 11.1 Å². The standard InChI is InChI=1S/C11H11N3O2/c12-10-13-9(15)11(14-10)6-16-5-7-3-1-2-4-8(7)11/h1-4H,5-6H2,(H3,12,13,14,15). The molecule has 0 radical (unpaired) electrons. The van der Waals surface area contributed by atoms with Crippen molar-refractivity contribution in [3.8, 4) is 0 Å². The van der Waals surface area contributed by atoms with Crippen LogP contribution in [-0.4, -0.2) is 18.5 Å². The Kier molecular flexibility index (Phi) is 1.79. The number of amides is 1. The minimum absolute atomic E-state index is 0.158. The van der Waals surface area contributed by atoms with Gasteiger partial charge in [0.1, 0.15) is 0 Å². The van der Waals surface area contributed by atoms with E-state index in [2.05, 4.69) is 10.3 Å². The lowest BCUT2D eigenvalue weighted by atomic mass is 9.86. The molecule has 0 bridgehead atoms. The van der Waals surface area contributed by atoms with Crippen molar-refractivity contribution >= 4 is 11.9 Å². The lowest BCUT2D eigenvalue weighted by molar-refractivity contribution is -0.127. The molecule has 3 rings (SSSR count). The number of rotatable bonds is 0. The quantitative estimate of drug-likeness (QED) is 0.634. The molecule has 1 atom stereocenters.